The van der Waals surface area contributed by atoms with Crippen LogP contribution >= 0.6 is 11.6 Å². The summed E-state index contributed by atoms with van der Waals surface area (Å²) in [5.74, 6) is -1.20. The SMILES string of the molecule is COC(=O)COC(=O)c1ccc(-n2nc(C)c(Cl)c2C)cc1. The highest BCUT2D eigenvalue weighted by Gasteiger charge is 2.13. The van der Waals surface area contributed by atoms with Gasteiger partial charge in [0.05, 0.1) is 34.8 Å². The number of nitrogens with zero attached hydrogens (tertiary/aromatic N) is 2. The lowest BCUT2D eigenvalue weighted by Crippen LogP contribution is -2.15. The quantitative estimate of drug-likeness (QED) is 0.809. The molecule has 0 bridgehead atoms. The number of aromatic nitrogens is 2. The number of esters is 2. The molecular formula is C15H15ClN2O4. The van der Waals surface area contributed by atoms with Crippen molar-refractivity contribution >= 4 is 23.5 Å². The normalized spacial score (nSPS) is 10.4. The van der Waals surface area contributed by atoms with Crippen molar-refractivity contribution in [3.05, 3.63) is 46.2 Å². The fourth-order valence-corrected chi connectivity index (χ4v) is 2.00. The molecule has 1 aromatic carbocycles. The summed E-state index contributed by atoms with van der Waals surface area (Å²) in [6.07, 6.45) is 0. The summed E-state index contributed by atoms with van der Waals surface area (Å²) in [6, 6.07) is 6.65. The van der Waals surface area contributed by atoms with Crippen molar-refractivity contribution < 1.29 is 19.1 Å². The topological polar surface area (TPSA) is 70.4 Å². The molecule has 116 valence electrons. The van der Waals surface area contributed by atoms with Gasteiger partial charge in [0.15, 0.2) is 6.61 Å². The van der Waals surface area contributed by atoms with Gasteiger partial charge in [-0.15, -0.1) is 0 Å². The Morgan fingerprint density at radius 1 is 1.23 bits per heavy atom. The van der Waals surface area contributed by atoms with Gasteiger partial charge in [-0.1, -0.05) is 11.6 Å². The lowest BCUT2D eigenvalue weighted by atomic mass is 10.2. The van der Waals surface area contributed by atoms with E-state index in [4.69, 9.17) is 16.3 Å². The van der Waals surface area contributed by atoms with E-state index >= 15 is 0 Å². The molecule has 7 heteroatoms. The molecule has 0 fully saturated rings. The van der Waals surface area contributed by atoms with Crippen molar-refractivity contribution in [3.8, 4) is 5.69 Å². The monoisotopic (exact) mass is 322 g/mol. The molecule has 0 aliphatic heterocycles. The third-order valence-electron chi connectivity index (χ3n) is 3.10. The van der Waals surface area contributed by atoms with Gasteiger partial charge in [-0.3, -0.25) is 0 Å². The van der Waals surface area contributed by atoms with Crippen molar-refractivity contribution in [1.29, 1.82) is 0 Å². The van der Waals surface area contributed by atoms with Crippen LogP contribution in [0.4, 0.5) is 0 Å². The maximum atomic E-state index is 11.8. The molecule has 2 rings (SSSR count). The van der Waals surface area contributed by atoms with Crippen LogP contribution in [0, 0.1) is 13.8 Å². The van der Waals surface area contributed by atoms with Crippen LogP contribution in [-0.4, -0.2) is 35.4 Å². The minimum absolute atomic E-state index is 0.334. The molecule has 6 nitrogen and oxygen atoms in total. The Morgan fingerprint density at radius 2 is 1.86 bits per heavy atom. The van der Waals surface area contributed by atoms with Crippen LogP contribution in [0.1, 0.15) is 21.7 Å². The number of ether oxygens (including phenoxy) is 2. The van der Waals surface area contributed by atoms with Crippen molar-refractivity contribution in [2.75, 3.05) is 13.7 Å². The van der Waals surface area contributed by atoms with Crippen molar-refractivity contribution in [1.82, 2.24) is 9.78 Å². The molecule has 0 radical (unpaired) electrons. The fraction of sp³-hybridized carbons (Fsp3) is 0.267. The van der Waals surface area contributed by atoms with E-state index in [1.165, 1.54) is 7.11 Å². The first-order chi connectivity index (χ1) is 10.4. The predicted molar refractivity (Wildman–Crippen MR) is 80.3 cm³/mol. The first-order valence-electron chi connectivity index (χ1n) is 6.50. The van der Waals surface area contributed by atoms with Crippen molar-refractivity contribution in [2.24, 2.45) is 0 Å². The van der Waals surface area contributed by atoms with Crippen LogP contribution in [0.2, 0.25) is 5.02 Å². The molecule has 1 aromatic heterocycles. The van der Waals surface area contributed by atoms with Gasteiger partial charge in [-0.05, 0) is 38.1 Å². The summed E-state index contributed by atoms with van der Waals surface area (Å²) in [4.78, 5) is 22.7. The van der Waals surface area contributed by atoms with E-state index < -0.39 is 18.5 Å². The molecule has 0 atom stereocenters. The predicted octanol–water partition coefficient (Wildman–Crippen LogP) is 2.47. The number of methoxy groups -OCH3 is 1. The van der Waals surface area contributed by atoms with Crippen LogP contribution in [0.3, 0.4) is 0 Å². The number of benzene rings is 1. The maximum Gasteiger partial charge on any atom is 0.344 e. The number of hydrogen-bond acceptors (Lipinski definition) is 5. The maximum absolute atomic E-state index is 11.8. The van der Waals surface area contributed by atoms with Gasteiger partial charge in [0, 0.05) is 0 Å². The van der Waals surface area contributed by atoms with E-state index in [2.05, 4.69) is 9.84 Å². The van der Waals surface area contributed by atoms with E-state index in [1.807, 2.05) is 13.8 Å². The Hall–Kier alpha value is -2.34. The first-order valence-corrected chi connectivity index (χ1v) is 6.88. The fourth-order valence-electron chi connectivity index (χ4n) is 1.88. The number of carbonyl (C=O) groups excluding carboxylic acids is 2. The Labute approximate surface area is 132 Å². The Balaban J connectivity index is 2.15. The molecule has 22 heavy (non-hydrogen) atoms. The Bertz CT molecular complexity index is 707. The second-order valence-corrected chi connectivity index (χ2v) is 4.97. The zero-order chi connectivity index (χ0) is 16.3. The Morgan fingerprint density at radius 3 is 2.36 bits per heavy atom. The van der Waals surface area contributed by atoms with Gasteiger partial charge < -0.3 is 9.47 Å². The van der Waals surface area contributed by atoms with Crippen LogP contribution in [0.25, 0.3) is 5.69 Å². The molecule has 2 aromatic rings. The Kier molecular flexibility index (Phi) is 4.82. The summed E-state index contributed by atoms with van der Waals surface area (Å²) in [5, 5.41) is 4.95. The average Bonchev–Trinajstić information content (AvgIpc) is 2.80. The smallest absolute Gasteiger partial charge is 0.344 e. The third-order valence-corrected chi connectivity index (χ3v) is 3.65. The number of aryl methyl sites for hydroxylation is 1. The molecular weight excluding hydrogens is 308 g/mol. The van der Waals surface area contributed by atoms with Gasteiger partial charge in [0.2, 0.25) is 0 Å². The van der Waals surface area contributed by atoms with E-state index in [0.29, 0.717) is 10.6 Å². The van der Waals surface area contributed by atoms with Crippen LogP contribution in [0.5, 0.6) is 0 Å². The molecule has 0 saturated carbocycles. The first kappa shape index (κ1) is 16.0. The molecule has 0 unspecified atom stereocenters. The van der Waals surface area contributed by atoms with Gasteiger partial charge >= 0.3 is 11.9 Å². The lowest BCUT2D eigenvalue weighted by molar-refractivity contribution is -0.144. The molecule has 0 aliphatic carbocycles. The highest BCUT2D eigenvalue weighted by atomic mass is 35.5. The molecule has 0 aliphatic rings. The summed E-state index contributed by atoms with van der Waals surface area (Å²) >= 11 is 6.11. The van der Waals surface area contributed by atoms with Crippen LogP contribution in [-0.2, 0) is 14.3 Å². The highest BCUT2D eigenvalue weighted by Crippen LogP contribution is 2.22. The second-order valence-electron chi connectivity index (χ2n) is 4.60. The highest BCUT2D eigenvalue weighted by molar-refractivity contribution is 6.31. The molecule has 0 spiro atoms. The van der Waals surface area contributed by atoms with E-state index in [-0.39, 0.29) is 0 Å². The molecule has 0 saturated heterocycles. The van der Waals surface area contributed by atoms with Crippen LogP contribution in [0.15, 0.2) is 24.3 Å². The summed E-state index contributed by atoms with van der Waals surface area (Å²) in [7, 11) is 1.23. The van der Waals surface area contributed by atoms with Gasteiger partial charge in [-0.2, -0.15) is 5.10 Å². The van der Waals surface area contributed by atoms with Gasteiger partial charge in [-0.25, -0.2) is 14.3 Å². The van der Waals surface area contributed by atoms with E-state index in [0.717, 1.165) is 17.1 Å². The number of carbonyl (C=O) groups is 2. The van der Waals surface area contributed by atoms with Crippen molar-refractivity contribution in [3.63, 3.8) is 0 Å². The minimum Gasteiger partial charge on any atom is -0.466 e. The lowest BCUT2D eigenvalue weighted by Gasteiger charge is -2.06. The van der Waals surface area contributed by atoms with Gasteiger partial charge in [0.1, 0.15) is 0 Å². The standard InChI is InChI=1S/C15H15ClN2O4/c1-9-14(16)10(2)18(17-9)12-6-4-11(5-7-12)15(20)22-8-13(19)21-3/h4-7H,8H2,1-3H3. The molecule has 0 amide bonds. The largest absolute Gasteiger partial charge is 0.466 e. The average molecular weight is 323 g/mol. The van der Waals surface area contributed by atoms with Crippen molar-refractivity contribution in [2.45, 2.75) is 13.8 Å². The second kappa shape index (κ2) is 6.62. The third kappa shape index (κ3) is 3.28. The minimum atomic E-state index is -0.609. The molecule has 1 heterocycles. The van der Waals surface area contributed by atoms with Crippen LogP contribution < -0.4 is 0 Å². The number of halogens is 1. The molecule has 0 N–H and O–H groups in total. The summed E-state index contributed by atoms with van der Waals surface area (Å²) in [5.41, 5.74) is 2.67. The number of hydrogen-bond donors (Lipinski definition) is 0. The van der Waals surface area contributed by atoms with E-state index in [1.54, 1.807) is 28.9 Å². The zero-order valence-electron chi connectivity index (χ0n) is 12.4. The zero-order valence-corrected chi connectivity index (χ0v) is 13.2. The summed E-state index contributed by atoms with van der Waals surface area (Å²) < 4.78 is 10.9. The summed E-state index contributed by atoms with van der Waals surface area (Å²) in [6.45, 7) is 3.27. The van der Waals surface area contributed by atoms with Gasteiger partial charge in [0.25, 0.3) is 0 Å². The van der Waals surface area contributed by atoms with E-state index in [9.17, 15) is 9.59 Å². The number of rotatable bonds is 4.